The summed E-state index contributed by atoms with van der Waals surface area (Å²) in [5.74, 6) is 0.530. The van der Waals surface area contributed by atoms with Crippen LogP contribution in [0.5, 0.6) is 17.2 Å². The molecule has 2 aromatic rings. The standard InChI is InChI=1S/C24H25IN2O6/c1-4-31-21-12-17(11-20(25)23(21)33-15-22(28)32-5-2)10-18(13-26)24(29)27-14-16-6-8-19(30-3)9-7-16/h6-12H,4-5,14-15H2,1-3H3,(H,27,29)/b18-10-. The number of esters is 1. The van der Waals surface area contributed by atoms with E-state index in [0.717, 1.165) is 11.3 Å². The Bertz CT molecular complexity index is 1040. The normalized spacial score (nSPS) is 10.7. The van der Waals surface area contributed by atoms with Crippen molar-refractivity contribution in [2.24, 2.45) is 0 Å². The highest BCUT2D eigenvalue weighted by molar-refractivity contribution is 14.1. The van der Waals surface area contributed by atoms with E-state index in [1.165, 1.54) is 6.08 Å². The average Bonchev–Trinajstić information content (AvgIpc) is 2.81. The molecule has 0 aliphatic heterocycles. The molecule has 9 heteroatoms. The second-order valence-corrected chi connectivity index (χ2v) is 7.72. The van der Waals surface area contributed by atoms with E-state index < -0.39 is 11.9 Å². The van der Waals surface area contributed by atoms with E-state index in [9.17, 15) is 14.9 Å². The summed E-state index contributed by atoms with van der Waals surface area (Å²) in [6.07, 6.45) is 1.48. The number of nitrogens with one attached hydrogen (secondary N) is 1. The van der Waals surface area contributed by atoms with Crippen molar-refractivity contribution in [2.75, 3.05) is 26.9 Å². The molecule has 0 radical (unpaired) electrons. The molecule has 0 fully saturated rings. The molecule has 0 spiro atoms. The summed E-state index contributed by atoms with van der Waals surface area (Å²) >= 11 is 2.05. The number of rotatable bonds is 11. The topological polar surface area (TPSA) is 107 Å². The van der Waals surface area contributed by atoms with Crippen LogP contribution in [0, 0.1) is 14.9 Å². The Kier molecular flexibility index (Phi) is 10.5. The van der Waals surface area contributed by atoms with Crippen LogP contribution in [-0.2, 0) is 20.9 Å². The number of hydrogen-bond acceptors (Lipinski definition) is 7. The lowest BCUT2D eigenvalue weighted by atomic mass is 10.1. The van der Waals surface area contributed by atoms with Gasteiger partial charge in [-0.3, -0.25) is 4.79 Å². The molecule has 33 heavy (non-hydrogen) atoms. The van der Waals surface area contributed by atoms with E-state index >= 15 is 0 Å². The van der Waals surface area contributed by atoms with Gasteiger partial charge in [0.25, 0.3) is 5.91 Å². The number of carbonyl (C=O) groups is 2. The van der Waals surface area contributed by atoms with Crippen LogP contribution >= 0.6 is 22.6 Å². The molecule has 0 aromatic heterocycles. The third-order valence-corrected chi connectivity index (χ3v) is 5.06. The molecule has 0 saturated carbocycles. The number of hydrogen-bond donors (Lipinski definition) is 1. The van der Waals surface area contributed by atoms with Crippen LogP contribution in [0.2, 0.25) is 0 Å². The van der Waals surface area contributed by atoms with Gasteiger partial charge in [-0.25, -0.2) is 4.79 Å². The number of carbonyl (C=O) groups excluding carboxylic acids is 2. The first-order valence-electron chi connectivity index (χ1n) is 10.2. The number of halogens is 1. The Balaban J connectivity index is 2.18. The Morgan fingerprint density at radius 3 is 2.45 bits per heavy atom. The van der Waals surface area contributed by atoms with E-state index in [1.54, 1.807) is 38.3 Å². The molecule has 1 N–H and O–H groups in total. The summed E-state index contributed by atoms with van der Waals surface area (Å²) in [7, 11) is 1.58. The Morgan fingerprint density at radius 2 is 1.85 bits per heavy atom. The fourth-order valence-electron chi connectivity index (χ4n) is 2.74. The van der Waals surface area contributed by atoms with Crippen LogP contribution in [0.25, 0.3) is 6.08 Å². The van der Waals surface area contributed by atoms with Crippen molar-refractivity contribution in [3.05, 3.63) is 56.7 Å². The number of benzene rings is 2. The molecule has 2 rings (SSSR count). The molecule has 0 aliphatic rings. The predicted octanol–water partition coefficient (Wildman–Crippen LogP) is 3.86. The van der Waals surface area contributed by atoms with Gasteiger partial charge in [0.2, 0.25) is 0 Å². The third-order valence-electron chi connectivity index (χ3n) is 4.26. The Hall–Kier alpha value is -3.26. The quantitative estimate of drug-likeness (QED) is 0.191. The Morgan fingerprint density at radius 1 is 1.12 bits per heavy atom. The van der Waals surface area contributed by atoms with Gasteiger partial charge in [0.05, 0.1) is 23.9 Å². The molecule has 0 heterocycles. The van der Waals surface area contributed by atoms with Gasteiger partial charge in [0.1, 0.15) is 17.4 Å². The first kappa shape index (κ1) is 26.0. The van der Waals surface area contributed by atoms with Crippen LogP contribution in [0.15, 0.2) is 42.0 Å². The lowest BCUT2D eigenvalue weighted by Crippen LogP contribution is -2.23. The van der Waals surface area contributed by atoms with Crippen molar-refractivity contribution in [3.63, 3.8) is 0 Å². The van der Waals surface area contributed by atoms with Crippen molar-refractivity contribution in [1.82, 2.24) is 5.32 Å². The first-order chi connectivity index (χ1) is 15.9. The van der Waals surface area contributed by atoms with Crippen molar-refractivity contribution < 1.29 is 28.5 Å². The lowest BCUT2D eigenvalue weighted by molar-refractivity contribution is -0.145. The summed E-state index contributed by atoms with van der Waals surface area (Å²) in [6, 6.07) is 12.6. The van der Waals surface area contributed by atoms with Gasteiger partial charge >= 0.3 is 5.97 Å². The van der Waals surface area contributed by atoms with E-state index in [4.69, 9.17) is 18.9 Å². The van der Waals surface area contributed by atoms with E-state index in [2.05, 4.69) is 5.32 Å². The van der Waals surface area contributed by atoms with Gasteiger partial charge in [-0.2, -0.15) is 5.26 Å². The zero-order valence-corrected chi connectivity index (χ0v) is 20.8. The highest BCUT2D eigenvalue weighted by Crippen LogP contribution is 2.35. The monoisotopic (exact) mass is 564 g/mol. The highest BCUT2D eigenvalue weighted by Gasteiger charge is 2.16. The third kappa shape index (κ3) is 7.98. The second-order valence-electron chi connectivity index (χ2n) is 6.56. The van der Waals surface area contributed by atoms with Crippen LogP contribution in [0.3, 0.4) is 0 Å². The molecule has 0 atom stereocenters. The number of nitrogens with zero attached hydrogens (tertiary/aromatic N) is 1. The minimum Gasteiger partial charge on any atom is -0.497 e. The zero-order valence-electron chi connectivity index (χ0n) is 18.6. The molecular formula is C24H25IN2O6. The van der Waals surface area contributed by atoms with Gasteiger partial charge in [-0.05, 0) is 77.9 Å². The summed E-state index contributed by atoms with van der Waals surface area (Å²) < 4.78 is 21.9. The van der Waals surface area contributed by atoms with Crippen LogP contribution < -0.4 is 19.5 Å². The summed E-state index contributed by atoms with van der Waals surface area (Å²) in [6.45, 7) is 4.18. The van der Waals surface area contributed by atoms with Crippen LogP contribution in [0.1, 0.15) is 25.0 Å². The molecule has 2 aromatic carbocycles. The second kappa shape index (κ2) is 13.3. The van der Waals surface area contributed by atoms with Gasteiger partial charge in [-0.1, -0.05) is 12.1 Å². The minimum atomic E-state index is -0.496. The fourth-order valence-corrected chi connectivity index (χ4v) is 3.53. The van der Waals surface area contributed by atoms with E-state index in [-0.39, 0.29) is 25.3 Å². The molecule has 1 amide bonds. The molecular weight excluding hydrogens is 539 g/mol. The van der Waals surface area contributed by atoms with E-state index in [0.29, 0.717) is 27.2 Å². The minimum absolute atomic E-state index is 0.0537. The maximum Gasteiger partial charge on any atom is 0.344 e. The highest BCUT2D eigenvalue weighted by atomic mass is 127. The number of nitriles is 1. The summed E-state index contributed by atoms with van der Waals surface area (Å²) in [5.41, 5.74) is 1.40. The van der Waals surface area contributed by atoms with Crippen LogP contribution in [0.4, 0.5) is 0 Å². The van der Waals surface area contributed by atoms with Crippen molar-refractivity contribution in [3.8, 4) is 23.3 Å². The van der Waals surface area contributed by atoms with Gasteiger partial charge in [-0.15, -0.1) is 0 Å². The van der Waals surface area contributed by atoms with Crippen molar-refractivity contribution in [1.29, 1.82) is 5.26 Å². The predicted molar refractivity (Wildman–Crippen MR) is 131 cm³/mol. The van der Waals surface area contributed by atoms with Gasteiger partial charge in [0, 0.05) is 6.54 Å². The maximum absolute atomic E-state index is 12.5. The summed E-state index contributed by atoms with van der Waals surface area (Å²) in [5, 5.41) is 12.2. The smallest absolute Gasteiger partial charge is 0.344 e. The maximum atomic E-state index is 12.5. The van der Waals surface area contributed by atoms with Crippen molar-refractivity contribution >= 4 is 40.5 Å². The first-order valence-corrected chi connectivity index (χ1v) is 11.3. The number of ether oxygens (including phenoxy) is 4. The van der Waals surface area contributed by atoms with Crippen LogP contribution in [-0.4, -0.2) is 38.8 Å². The van der Waals surface area contributed by atoms with Gasteiger partial charge in [0.15, 0.2) is 18.1 Å². The zero-order chi connectivity index (χ0) is 24.2. The average molecular weight is 564 g/mol. The molecule has 0 bridgehead atoms. The Labute approximate surface area is 206 Å². The van der Waals surface area contributed by atoms with E-state index in [1.807, 2.05) is 47.7 Å². The summed E-state index contributed by atoms with van der Waals surface area (Å²) in [4.78, 5) is 24.2. The number of methoxy groups -OCH3 is 1. The molecule has 8 nitrogen and oxygen atoms in total. The molecule has 0 aliphatic carbocycles. The number of amides is 1. The fraction of sp³-hybridized carbons (Fsp3) is 0.292. The largest absolute Gasteiger partial charge is 0.497 e. The molecule has 0 saturated heterocycles. The SMILES string of the molecule is CCOC(=O)COc1c(I)cc(/C=C(/C#N)C(=O)NCc2ccc(OC)cc2)cc1OCC. The van der Waals surface area contributed by atoms with Gasteiger partial charge < -0.3 is 24.3 Å². The molecule has 0 unspecified atom stereocenters. The van der Waals surface area contributed by atoms with Crippen molar-refractivity contribution in [2.45, 2.75) is 20.4 Å². The molecule has 174 valence electrons. The lowest BCUT2D eigenvalue weighted by Gasteiger charge is -2.14.